The maximum atomic E-state index is 10.3. The third-order valence-electron chi connectivity index (χ3n) is 5.42. The lowest BCUT2D eigenvalue weighted by Gasteiger charge is -2.35. The fourth-order valence-corrected chi connectivity index (χ4v) is 3.83. The van der Waals surface area contributed by atoms with Gasteiger partial charge in [-0.25, -0.2) is 4.98 Å². The van der Waals surface area contributed by atoms with Gasteiger partial charge < -0.3 is 30.3 Å². The van der Waals surface area contributed by atoms with Gasteiger partial charge in [0.05, 0.1) is 19.6 Å². The molecule has 150 valence electrons. The minimum atomic E-state index is -1.19. The normalized spacial score (nSPS) is 28.1. The minimum absolute atomic E-state index is 0.0922. The molecule has 5 atom stereocenters. The molecule has 2 aliphatic rings. The van der Waals surface area contributed by atoms with Crippen molar-refractivity contribution in [2.45, 2.75) is 43.9 Å². The number of anilines is 1. The molecule has 1 saturated heterocycles. The Morgan fingerprint density at radius 3 is 2.71 bits per heavy atom. The van der Waals surface area contributed by atoms with Crippen LogP contribution >= 0.6 is 0 Å². The van der Waals surface area contributed by atoms with Gasteiger partial charge in [0.1, 0.15) is 29.8 Å². The van der Waals surface area contributed by atoms with Gasteiger partial charge in [-0.05, 0) is 18.9 Å². The molecule has 0 aliphatic carbocycles. The third-order valence-corrected chi connectivity index (χ3v) is 5.42. The van der Waals surface area contributed by atoms with Gasteiger partial charge in [-0.2, -0.15) is 0 Å². The van der Waals surface area contributed by atoms with Gasteiger partial charge in [-0.3, -0.25) is 9.98 Å². The van der Waals surface area contributed by atoms with Crippen molar-refractivity contribution in [2.24, 2.45) is 0 Å². The van der Waals surface area contributed by atoms with Crippen molar-refractivity contribution < 1.29 is 20.1 Å². The Hall–Kier alpha value is -2.46. The molecule has 0 bridgehead atoms. The molecule has 0 amide bonds. The second-order valence-electron chi connectivity index (χ2n) is 7.27. The predicted molar refractivity (Wildman–Crippen MR) is 102 cm³/mol. The number of aliphatic hydroxyl groups is 3. The highest BCUT2D eigenvalue weighted by molar-refractivity contribution is 6.00. The summed E-state index contributed by atoms with van der Waals surface area (Å²) < 4.78 is 7.16. The number of nitrogens with one attached hydrogen (secondary N) is 2. The van der Waals surface area contributed by atoms with Crippen molar-refractivity contribution in [1.82, 2.24) is 14.5 Å². The Labute approximate surface area is 162 Å². The number of ether oxygens (including phenoxy) is 1. The number of benzene rings is 1. The molecule has 2 aromatic rings. The molecule has 5 N–H and O–H groups in total. The van der Waals surface area contributed by atoms with Crippen molar-refractivity contribution in [3.05, 3.63) is 47.9 Å². The van der Waals surface area contributed by atoms with E-state index in [9.17, 15) is 15.3 Å². The van der Waals surface area contributed by atoms with E-state index in [0.29, 0.717) is 24.0 Å². The smallest absolute Gasteiger partial charge is 0.165 e. The van der Waals surface area contributed by atoms with Gasteiger partial charge in [0.15, 0.2) is 12.1 Å². The molecule has 0 radical (unpaired) electrons. The number of imidazole rings is 1. The SMILES string of the molecule is CC(Cc1ccccc1)N1CNc2c(ncn2[C@@H]2O[C@H](CO)[C@@H](O)[C@H]2O)C1=N. The first-order valence-corrected chi connectivity index (χ1v) is 9.34. The van der Waals surface area contributed by atoms with Crippen LogP contribution in [0.5, 0.6) is 0 Å². The summed E-state index contributed by atoms with van der Waals surface area (Å²) in [6, 6.07) is 10.2. The Balaban J connectivity index is 1.52. The lowest BCUT2D eigenvalue weighted by molar-refractivity contribution is -0.0519. The quantitative estimate of drug-likeness (QED) is 0.494. The number of aromatic nitrogens is 2. The van der Waals surface area contributed by atoms with E-state index in [0.717, 1.165) is 6.42 Å². The highest BCUT2D eigenvalue weighted by atomic mass is 16.6. The number of hydrogen-bond acceptors (Lipinski definition) is 7. The maximum absolute atomic E-state index is 10.3. The highest BCUT2D eigenvalue weighted by Gasteiger charge is 2.45. The second kappa shape index (κ2) is 7.51. The molecule has 2 aliphatic heterocycles. The van der Waals surface area contributed by atoms with Gasteiger partial charge >= 0.3 is 0 Å². The first kappa shape index (κ1) is 18.9. The molecule has 1 aromatic heterocycles. The van der Waals surface area contributed by atoms with Gasteiger partial charge in [0.25, 0.3) is 0 Å². The Kier molecular flexibility index (Phi) is 5.07. The molecular formula is C19H25N5O4. The van der Waals surface area contributed by atoms with E-state index in [1.54, 1.807) is 4.57 Å². The van der Waals surface area contributed by atoms with E-state index in [1.165, 1.54) is 11.9 Å². The summed E-state index contributed by atoms with van der Waals surface area (Å²) in [6.45, 7) is 2.09. The molecule has 3 heterocycles. The highest BCUT2D eigenvalue weighted by Crippen LogP contribution is 2.34. The Morgan fingerprint density at radius 1 is 1.29 bits per heavy atom. The minimum Gasteiger partial charge on any atom is -0.394 e. The molecule has 1 aromatic carbocycles. The lowest BCUT2D eigenvalue weighted by Crippen LogP contribution is -2.46. The van der Waals surface area contributed by atoms with E-state index < -0.39 is 24.5 Å². The maximum Gasteiger partial charge on any atom is 0.165 e. The summed E-state index contributed by atoms with van der Waals surface area (Å²) in [5.41, 5.74) is 1.66. The molecular weight excluding hydrogens is 362 g/mol. The number of aliphatic hydroxyl groups excluding tert-OH is 3. The van der Waals surface area contributed by atoms with Crippen LogP contribution in [-0.4, -0.2) is 73.2 Å². The van der Waals surface area contributed by atoms with Crippen LogP contribution < -0.4 is 5.32 Å². The first-order valence-electron chi connectivity index (χ1n) is 9.34. The molecule has 9 nitrogen and oxygen atoms in total. The molecule has 28 heavy (non-hydrogen) atoms. The van der Waals surface area contributed by atoms with E-state index >= 15 is 0 Å². The second-order valence-corrected chi connectivity index (χ2v) is 7.27. The van der Waals surface area contributed by atoms with Crippen molar-refractivity contribution in [1.29, 1.82) is 5.41 Å². The van der Waals surface area contributed by atoms with Gasteiger partial charge in [-0.1, -0.05) is 30.3 Å². The van der Waals surface area contributed by atoms with Crippen LogP contribution in [0, 0.1) is 5.41 Å². The van der Waals surface area contributed by atoms with E-state index in [4.69, 9.17) is 10.1 Å². The van der Waals surface area contributed by atoms with Gasteiger partial charge in [0, 0.05) is 6.04 Å². The van der Waals surface area contributed by atoms with E-state index in [1.807, 2.05) is 23.1 Å². The standard InChI is InChI=1S/C19H25N5O4/c1-11(7-12-5-3-2-4-6-12)23-10-22-18-14(17(23)20)21-9-24(18)19-16(27)15(26)13(8-25)28-19/h2-6,9,11,13,15-16,19-20,22,25-27H,7-8,10H2,1H3/t11?,13-,15-,16-,19-/m1/s1. The molecule has 0 spiro atoms. The van der Waals surface area contributed by atoms with E-state index in [2.05, 4.69) is 29.4 Å². The summed E-state index contributed by atoms with van der Waals surface area (Å²) in [5, 5.41) is 41.4. The van der Waals surface area contributed by atoms with E-state index in [-0.39, 0.29) is 12.6 Å². The van der Waals surface area contributed by atoms with Crippen LogP contribution in [0.15, 0.2) is 36.7 Å². The number of rotatable bonds is 5. The molecule has 1 unspecified atom stereocenters. The number of nitrogens with zero attached hydrogens (tertiary/aromatic N) is 3. The predicted octanol–water partition coefficient (Wildman–Crippen LogP) is 0.136. The van der Waals surface area contributed by atoms with Crippen LogP contribution in [0.25, 0.3) is 0 Å². The third kappa shape index (κ3) is 3.16. The van der Waals surface area contributed by atoms with Gasteiger partial charge in [-0.15, -0.1) is 0 Å². The number of amidine groups is 1. The zero-order chi connectivity index (χ0) is 19.8. The zero-order valence-electron chi connectivity index (χ0n) is 15.6. The van der Waals surface area contributed by atoms with Crippen molar-refractivity contribution in [2.75, 3.05) is 18.6 Å². The van der Waals surface area contributed by atoms with Crippen molar-refractivity contribution >= 4 is 11.7 Å². The van der Waals surface area contributed by atoms with Gasteiger partial charge in [0.2, 0.25) is 0 Å². The summed E-state index contributed by atoms with van der Waals surface area (Å²) in [6.07, 6.45) is -1.83. The molecule has 1 fully saturated rings. The average molecular weight is 387 g/mol. The zero-order valence-corrected chi connectivity index (χ0v) is 15.6. The largest absolute Gasteiger partial charge is 0.394 e. The lowest BCUT2D eigenvalue weighted by atomic mass is 10.1. The topological polar surface area (TPSA) is 127 Å². The van der Waals surface area contributed by atoms with Crippen LogP contribution in [0.1, 0.15) is 24.4 Å². The molecule has 0 saturated carbocycles. The summed E-state index contributed by atoms with van der Waals surface area (Å²) >= 11 is 0. The fourth-order valence-electron chi connectivity index (χ4n) is 3.83. The van der Waals surface area contributed by atoms with Crippen molar-refractivity contribution in [3.8, 4) is 0 Å². The number of hydrogen-bond donors (Lipinski definition) is 5. The van der Waals surface area contributed by atoms with Crippen LogP contribution in [0.4, 0.5) is 5.82 Å². The average Bonchev–Trinajstić information content (AvgIpc) is 3.25. The van der Waals surface area contributed by atoms with Crippen LogP contribution in [-0.2, 0) is 11.2 Å². The number of fused-ring (bicyclic) bond motifs is 1. The first-order chi connectivity index (χ1) is 13.5. The van der Waals surface area contributed by atoms with Crippen molar-refractivity contribution in [3.63, 3.8) is 0 Å². The summed E-state index contributed by atoms with van der Waals surface area (Å²) in [4.78, 5) is 6.27. The fraction of sp³-hybridized carbons (Fsp3) is 0.474. The summed E-state index contributed by atoms with van der Waals surface area (Å²) in [5.74, 6) is 0.852. The van der Waals surface area contributed by atoms with Crippen LogP contribution in [0.3, 0.4) is 0 Å². The Bertz CT molecular complexity index is 842. The monoisotopic (exact) mass is 387 g/mol. The van der Waals surface area contributed by atoms with Crippen LogP contribution in [0.2, 0.25) is 0 Å². The Morgan fingerprint density at radius 2 is 2.04 bits per heavy atom. The summed E-state index contributed by atoms with van der Waals surface area (Å²) in [7, 11) is 0. The molecule has 9 heteroatoms. The molecule has 4 rings (SSSR count).